The van der Waals surface area contributed by atoms with E-state index in [0.29, 0.717) is 25.7 Å². The Kier molecular flexibility index (Phi) is 5.06. The van der Waals surface area contributed by atoms with Gasteiger partial charge in [-0.25, -0.2) is 0 Å². The summed E-state index contributed by atoms with van der Waals surface area (Å²) >= 11 is 0. The van der Waals surface area contributed by atoms with E-state index in [1.54, 1.807) is 14.2 Å². The zero-order valence-electron chi connectivity index (χ0n) is 19.4. The van der Waals surface area contributed by atoms with E-state index in [0.717, 1.165) is 18.4 Å². The molecule has 5 aliphatic rings. The lowest BCUT2D eigenvalue weighted by molar-refractivity contribution is -0.175. The molecule has 4 bridgehead atoms. The number of ether oxygens (including phenoxy) is 6. The first-order valence-corrected chi connectivity index (χ1v) is 11.5. The number of fused-ring (bicyclic) bond motifs is 1. The number of carbonyl (C=O) groups is 2. The summed E-state index contributed by atoms with van der Waals surface area (Å²) in [5.41, 5.74) is -1.56. The second-order valence-corrected chi connectivity index (χ2v) is 10.5. The van der Waals surface area contributed by atoms with Gasteiger partial charge in [0.1, 0.15) is 19.2 Å². The summed E-state index contributed by atoms with van der Waals surface area (Å²) in [6.45, 7) is 6.56. The summed E-state index contributed by atoms with van der Waals surface area (Å²) in [6, 6.07) is 0. The molecule has 1 aliphatic heterocycles. The maximum absolute atomic E-state index is 13.5. The van der Waals surface area contributed by atoms with Crippen molar-refractivity contribution < 1.29 is 38.0 Å². The van der Waals surface area contributed by atoms with E-state index in [1.807, 2.05) is 6.92 Å². The van der Waals surface area contributed by atoms with Gasteiger partial charge in [-0.2, -0.15) is 0 Å². The quantitative estimate of drug-likeness (QED) is 0.332. The van der Waals surface area contributed by atoms with Gasteiger partial charge in [-0.05, 0) is 56.4 Å². The number of methoxy groups -OCH3 is 3. The van der Waals surface area contributed by atoms with Crippen LogP contribution in [0.25, 0.3) is 0 Å². The monoisotopic (exact) mass is 450 g/mol. The van der Waals surface area contributed by atoms with Crippen LogP contribution < -0.4 is 0 Å². The van der Waals surface area contributed by atoms with Gasteiger partial charge in [0.2, 0.25) is 0 Å². The average Bonchev–Trinajstić information content (AvgIpc) is 3.21. The minimum absolute atomic E-state index is 0.0526. The highest BCUT2D eigenvalue weighted by molar-refractivity contribution is 5.86. The topological polar surface area (TPSA) is 89.5 Å². The Hall–Kier alpha value is -1.48. The van der Waals surface area contributed by atoms with E-state index in [4.69, 9.17) is 28.4 Å². The minimum Gasteiger partial charge on any atom is -0.469 e. The lowest BCUT2D eigenvalue weighted by Gasteiger charge is -2.47. The third-order valence-corrected chi connectivity index (χ3v) is 9.53. The molecule has 5 rings (SSSR count). The smallest absolute Gasteiger partial charge is 0.315 e. The van der Waals surface area contributed by atoms with Gasteiger partial charge in [-0.15, -0.1) is 0 Å². The molecule has 8 heteroatoms. The normalized spacial score (nSPS) is 48.4. The van der Waals surface area contributed by atoms with Crippen LogP contribution in [-0.2, 0) is 38.0 Å². The van der Waals surface area contributed by atoms with Gasteiger partial charge >= 0.3 is 11.9 Å². The molecule has 0 unspecified atom stereocenters. The summed E-state index contributed by atoms with van der Waals surface area (Å²) in [4.78, 5) is 26.9. The molecule has 1 saturated heterocycles. The molecule has 0 aromatic heterocycles. The Bertz CT molecular complexity index is 842. The molecule has 0 aromatic carbocycles. The van der Waals surface area contributed by atoms with Gasteiger partial charge in [0.15, 0.2) is 0 Å². The van der Waals surface area contributed by atoms with E-state index in [2.05, 4.69) is 6.58 Å². The van der Waals surface area contributed by atoms with Crippen LogP contribution in [0, 0.1) is 28.6 Å². The average molecular weight is 451 g/mol. The van der Waals surface area contributed by atoms with Crippen molar-refractivity contribution >= 4 is 11.9 Å². The maximum Gasteiger partial charge on any atom is 0.315 e. The van der Waals surface area contributed by atoms with Crippen LogP contribution >= 0.6 is 0 Å². The molecule has 0 radical (unpaired) electrons. The molecule has 8 nitrogen and oxygen atoms in total. The van der Waals surface area contributed by atoms with Crippen molar-refractivity contribution in [3.8, 4) is 0 Å². The molecule has 4 saturated carbocycles. The number of esters is 2. The SMILES string of the molecule is C=C1C[C@]23C[C@@]1(OCOC)CC[C@H]2[C@@]12CC[C@H](OCOC)[C@@](C)(C(=O)O1)[C@H]2[C@@H]3C(=O)OC. The highest BCUT2D eigenvalue weighted by Crippen LogP contribution is 2.79. The van der Waals surface area contributed by atoms with Crippen LogP contribution in [0.1, 0.15) is 45.4 Å². The van der Waals surface area contributed by atoms with Crippen LogP contribution in [0.4, 0.5) is 0 Å². The number of hydrogen-bond donors (Lipinski definition) is 0. The summed E-state index contributed by atoms with van der Waals surface area (Å²) < 4.78 is 34.3. The van der Waals surface area contributed by atoms with Crippen molar-refractivity contribution in [2.24, 2.45) is 28.6 Å². The standard InChI is InChI=1S/C24H34O8/c1-14-10-22-11-23(14,31-13-28-4)8-6-15(22)24-9-7-16(30-12-27-3)21(2,20(26)32-24)18(24)17(22)19(25)29-5/h15-18H,1,6-13H2,2-5H3/t15-,16+,17-,18-,21-,22+,23+,24-/m1/s1. The van der Waals surface area contributed by atoms with Crippen molar-refractivity contribution in [1.82, 2.24) is 0 Å². The summed E-state index contributed by atoms with van der Waals surface area (Å²) in [6.07, 6.45) is 3.90. The number of carbonyl (C=O) groups excluding carboxylic acids is 2. The van der Waals surface area contributed by atoms with Crippen molar-refractivity contribution in [3.63, 3.8) is 0 Å². The Morgan fingerprint density at radius 3 is 2.59 bits per heavy atom. The Labute approximate surface area is 188 Å². The molecule has 5 fully saturated rings. The van der Waals surface area contributed by atoms with Gasteiger partial charge in [-0.1, -0.05) is 6.58 Å². The summed E-state index contributed by atoms with van der Waals surface area (Å²) in [5, 5.41) is 0. The largest absolute Gasteiger partial charge is 0.469 e. The first kappa shape index (κ1) is 22.3. The Balaban J connectivity index is 1.63. The molecular weight excluding hydrogens is 416 g/mol. The van der Waals surface area contributed by atoms with Crippen molar-refractivity contribution in [1.29, 1.82) is 0 Å². The van der Waals surface area contributed by atoms with Crippen molar-refractivity contribution in [3.05, 3.63) is 12.2 Å². The summed E-state index contributed by atoms with van der Waals surface area (Å²) in [5.74, 6) is -1.31. The maximum atomic E-state index is 13.5. The molecule has 32 heavy (non-hydrogen) atoms. The molecule has 1 heterocycles. The molecule has 1 spiro atoms. The van der Waals surface area contributed by atoms with Crippen LogP contribution in [-0.4, -0.2) is 64.2 Å². The predicted octanol–water partition coefficient (Wildman–Crippen LogP) is 2.60. The van der Waals surface area contributed by atoms with Gasteiger partial charge in [0.05, 0.1) is 30.1 Å². The van der Waals surface area contributed by atoms with E-state index < -0.39 is 27.9 Å². The van der Waals surface area contributed by atoms with E-state index in [-0.39, 0.29) is 43.5 Å². The van der Waals surface area contributed by atoms with E-state index in [9.17, 15) is 9.59 Å². The second-order valence-electron chi connectivity index (χ2n) is 10.5. The van der Waals surface area contributed by atoms with Crippen LogP contribution in [0.5, 0.6) is 0 Å². The van der Waals surface area contributed by atoms with Crippen LogP contribution in [0.3, 0.4) is 0 Å². The highest BCUT2D eigenvalue weighted by atomic mass is 16.7. The van der Waals surface area contributed by atoms with E-state index in [1.165, 1.54) is 7.11 Å². The highest BCUT2D eigenvalue weighted by Gasteiger charge is 2.84. The third-order valence-electron chi connectivity index (χ3n) is 9.53. The van der Waals surface area contributed by atoms with Gasteiger partial charge in [-0.3, -0.25) is 9.59 Å². The molecule has 178 valence electrons. The Morgan fingerprint density at radius 1 is 1.16 bits per heavy atom. The van der Waals surface area contributed by atoms with Gasteiger partial charge < -0.3 is 28.4 Å². The summed E-state index contributed by atoms with van der Waals surface area (Å²) in [7, 11) is 4.59. The predicted molar refractivity (Wildman–Crippen MR) is 111 cm³/mol. The van der Waals surface area contributed by atoms with Gasteiger partial charge in [0.25, 0.3) is 0 Å². The zero-order valence-corrected chi connectivity index (χ0v) is 19.4. The van der Waals surface area contributed by atoms with Gasteiger partial charge in [0, 0.05) is 26.1 Å². The van der Waals surface area contributed by atoms with Crippen molar-refractivity contribution in [2.75, 3.05) is 34.9 Å². The third kappa shape index (κ3) is 2.47. The van der Waals surface area contributed by atoms with E-state index >= 15 is 0 Å². The molecule has 4 aliphatic carbocycles. The fourth-order valence-corrected chi connectivity index (χ4v) is 8.52. The minimum atomic E-state index is -0.943. The number of rotatable bonds is 7. The zero-order chi connectivity index (χ0) is 22.9. The molecule has 8 atom stereocenters. The second kappa shape index (κ2) is 7.26. The number of hydrogen-bond acceptors (Lipinski definition) is 8. The van der Waals surface area contributed by atoms with Crippen molar-refractivity contribution in [2.45, 2.75) is 62.8 Å². The first-order chi connectivity index (χ1) is 15.3. The molecule has 0 aromatic rings. The molecule has 0 N–H and O–H groups in total. The fraction of sp³-hybridized carbons (Fsp3) is 0.833. The lowest BCUT2D eigenvalue weighted by atomic mass is 9.59. The Morgan fingerprint density at radius 2 is 1.91 bits per heavy atom. The fourth-order valence-electron chi connectivity index (χ4n) is 8.52. The first-order valence-electron chi connectivity index (χ1n) is 11.5. The lowest BCUT2D eigenvalue weighted by Crippen LogP contribution is -2.54. The molecule has 0 amide bonds. The van der Waals surface area contributed by atoms with Crippen LogP contribution in [0.2, 0.25) is 0 Å². The van der Waals surface area contributed by atoms with Crippen LogP contribution in [0.15, 0.2) is 12.2 Å². The molecular formula is C24H34O8.